The maximum Gasteiger partial charge on any atom is 0.0939 e. The van der Waals surface area contributed by atoms with E-state index in [1.807, 2.05) is 19.4 Å². The van der Waals surface area contributed by atoms with Gasteiger partial charge in [0.15, 0.2) is 0 Å². The molecule has 0 N–H and O–H groups in total. The summed E-state index contributed by atoms with van der Waals surface area (Å²) in [6, 6.07) is 0. The second-order valence-corrected chi connectivity index (χ2v) is 2.62. The number of rotatable bonds is 5. The minimum Gasteiger partial charge on any atom is -0.313 e. The zero-order valence-electron chi connectivity index (χ0n) is 5.92. The van der Waals surface area contributed by atoms with E-state index in [4.69, 9.17) is 8.37 Å². The Hall–Kier alpha value is 0.620. The Balaban J connectivity index is 2.95. The van der Waals surface area contributed by atoms with E-state index in [9.17, 15) is 0 Å². The van der Waals surface area contributed by atoms with Crippen LogP contribution in [0.2, 0.25) is 0 Å². The van der Waals surface area contributed by atoms with Crippen molar-refractivity contribution in [3.8, 4) is 0 Å². The van der Waals surface area contributed by atoms with Gasteiger partial charge in [-0.2, -0.15) is 0 Å². The average Bonchev–Trinajstić information content (AvgIpc) is 1.85. The predicted octanol–water partition coefficient (Wildman–Crippen LogP) is 1.96. The molecule has 0 rings (SSSR count). The van der Waals surface area contributed by atoms with Crippen molar-refractivity contribution < 1.29 is 8.37 Å². The molecular formula is C5H12O2S2. The topological polar surface area (TPSA) is 18.5 Å². The van der Waals surface area contributed by atoms with Crippen LogP contribution in [-0.4, -0.2) is 25.2 Å². The smallest absolute Gasteiger partial charge is 0.0939 e. The average molecular weight is 168 g/mol. The molecule has 0 amide bonds. The van der Waals surface area contributed by atoms with E-state index in [-0.39, 0.29) is 6.10 Å². The van der Waals surface area contributed by atoms with Crippen LogP contribution in [0.15, 0.2) is 0 Å². The first-order valence-electron chi connectivity index (χ1n) is 2.66. The van der Waals surface area contributed by atoms with Crippen LogP contribution in [0.4, 0.5) is 0 Å². The monoisotopic (exact) mass is 168 g/mol. The van der Waals surface area contributed by atoms with E-state index >= 15 is 0 Å². The summed E-state index contributed by atoms with van der Waals surface area (Å²) in [4.78, 5) is 0. The summed E-state index contributed by atoms with van der Waals surface area (Å²) in [5.74, 6) is 0. The van der Waals surface area contributed by atoms with Crippen LogP contribution in [0.1, 0.15) is 6.92 Å². The third-order valence-corrected chi connectivity index (χ3v) is 1.57. The van der Waals surface area contributed by atoms with Crippen LogP contribution in [0.25, 0.3) is 0 Å². The van der Waals surface area contributed by atoms with E-state index in [1.165, 1.54) is 24.1 Å². The molecule has 0 aliphatic carbocycles. The first-order chi connectivity index (χ1) is 4.31. The van der Waals surface area contributed by atoms with Crippen molar-refractivity contribution in [2.45, 2.75) is 13.0 Å². The molecular weight excluding hydrogens is 156 g/mol. The molecule has 0 aromatic carbocycles. The Morgan fingerprint density at radius 1 is 1.33 bits per heavy atom. The van der Waals surface area contributed by atoms with E-state index in [1.54, 1.807) is 0 Å². The molecule has 0 saturated carbocycles. The molecule has 0 aromatic rings. The van der Waals surface area contributed by atoms with Gasteiger partial charge in [-0.1, -0.05) is 0 Å². The molecule has 0 saturated heterocycles. The van der Waals surface area contributed by atoms with Crippen molar-refractivity contribution in [3.05, 3.63) is 0 Å². The van der Waals surface area contributed by atoms with Gasteiger partial charge < -0.3 is 8.37 Å². The maximum atomic E-state index is 5.12. The summed E-state index contributed by atoms with van der Waals surface area (Å²) in [5, 5.41) is 0. The zero-order valence-corrected chi connectivity index (χ0v) is 7.55. The van der Waals surface area contributed by atoms with Gasteiger partial charge in [0.1, 0.15) is 0 Å². The first kappa shape index (κ1) is 9.62. The highest BCUT2D eigenvalue weighted by molar-refractivity contribution is 7.94. The summed E-state index contributed by atoms with van der Waals surface area (Å²) in [7, 11) is 0. The van der Waals surface area contributed by atoms with Gasteiger partial charge in [0.05, 0.1) is 12.7 Å². The van der Waals surface area contributed by atoms with Crippen LogP contribution < -0.4 is 0 Å². The molecule has 0 radical (unpaired) electrons. The largest absolute Gasteiger partial charge is 0.313 e. The lowest BCUT2D eigenvalue weighted by molar-refractivity contribution is 0.184. The molecule has 0 heterocycles. The fraction of sp³-hybridized carbons (Fsp3) is 1.00. The minimum atomic E-state index is 0.187. The molecule has 0 aromatic heterocycles. The van der Waals surface area contributed by atoms with Crippen molar-refractivity contribution in [2.75, 3.05) is 19.1 Å². The van der Waals surface area contributed by atoms with Crippen molar-refractivity contribution in [3.63, 3.8) is 0 Å². The second-order valence-electron chi connectivity index (χ2n) is 1.52. The second kappa shape index (κ2) is 6.74. The first-order valence-corrected chi connectivity index (χ1v) is 4.96. The lowest BCUT2D eigenvalue weighted by atomic mass is 10.5. The highest BCUT2D eigenvalue weighted by Gasteiger charge is 1.99. The van der Waals surface area contributed by atoms with Gasteiger partial charge in [-0.15, -0.1) is 0 Å². The summed E-state index contributed by atoms with van der Waals surface area (Å²) in [5.41, 5.74) is 0. The van der Waals surface area contributed by atoms with Gasteiger partial charge in [-0.05, 0) is 31.0 Å². The SMILES string of the molecule is CSOCC(C)OSC. The number of hydrogen-bond acceptors (Lipinski definition) is 4. The van der Waals surface area contributed by atoms with Crippen LogP contribution in [0, 0.1) is 0 Å². The standard InChI is InChI=1S/C5H12O2S2/c1-5(7-9-3)4-6-8-2/h5H,4H2,1-3H3. The van der Waals surface area contributed by atoms with Crippen LogP contribution in [0.3, 0.4) is 0 Å². The Kier molecular flexibility index (Phi) is 7.20. The van der Waals surface area contributed by atoms with Gasteiger partial charge in [0.2, 0.25) is 0 Å². The van der Waals surface area contributed by atoms with E-state index < -0.39 is 0 Å². The Morgan fingerprint density at radius 2 is 2.00 bits per heavy atom. The van der Waals surface area contributed by atoms with E-state index in [2.05, 4.69) is 0 Å². The molecule has 0 bridgehead atoms. The Morgan fingerprint density at radius 3 is 2.44 bits per heavy atom. The van der Waals surface area contributed by atoms with Crippen LogP contribution >= 0.6 is 24.1 Å². The molecule has 0 aliphatic rings. The van der Waals surface area contributed by atoms with Crippen molar-refractivity contribution in [1.29, 1.82) is 0 Å². The molecule has 4 heteroatoms. The molecule has 56 valence electrons. The van der Waals surface area contributed by atoms with E-state index in [0.717, 1.165) is 0 Å². The normalized spacial score (nSPS) is 13.7. The quantitative estimate of drug-likeness (QED) is 0.584. The fourth-order valence-electron chi connectivity index (χ4n) is 0.356. The molecule has 0 aliphatic heterocycles. The summed E-state index contributed by atoms with van der Waals surface area (Å²) < 4.78 is 10.1. The van der Waals surface area contributed by atoms with E-state index in [0.29, 0.717) is 6.61 Å². The maximum absolute atomic E-state index is 5.12. The lowest BCUT2D eigenvalue weighted by Crippen LogP contribution is -2.09. The molecule has 9 heavy (non-hydrogen) atoms. The highest BCUT2D eigenvalue weighted by atomic mass is 32.2. The Bertz CT molecular complexity index is 60.9. The highest BCUT2D eigenvalue weighted by Crippen LogP contribution is 2.05. The lowest BCUT2D eigenvalue weighted by Gasteiger charge is -2.07. The third-order valence-electron chi connectivity index (χ3n) is 0.681. The summed E-state index contributed by atoms with van der Waals surface area (Å²) in [6.07, 6.45) is 3.98. The molecule has 2 nitrogen and oxygen atoms in total. The molecule has 1 atom stereocenters. The van der Waals surface area contributed by atoms with Crippen LogP contribution in [0.5, 0.6) is 0 Å². The molecule has 1 unspecified atom stereocenters. The van der Waals surface area contributed by atoms with Crippen LogP contribution in [-0.2, 0) is 8.37 Å². The van der Waals surface area contributed by atoms with Crippen molar-refractivity contribution >= 4 is 24.1 Å². The van der Waals surface area contributed by atoms with Gasteiger partial charge in [-0.25, -0.2) is 0 Å². The number of hydrogen-bond donors (Lipinski definition) is 0. The third kappa shape index (κ3) is 6.51. The predicted molar refractivity (Wildman–Crippen MR) is 43.5 cm³/mol. The molecule has 0 spiro atoms. The summed E-state index contributed by atoms with van der Waals surface area (Å²) in [6.45, 7) is 2.63. The summed E-state index contributed by atoms with van der Waals surface area (Å²) >= 11 is 2.74. The van der Waals surface area contributed by atoms with Gasteiger partial charge in [-0.3, -0.25) is 0 Å². The van der Waals surface area contributed by atoms with Crippen molar-refractivity contribution in [1.82, 2.24) is 0 Å². The van der Waals surface area contributed by atoms with Gasteiger partial charge >= 0.3 is 0 Å². The zero-order chi connectivity index (χ0) is 7.11. The Labute approximate surface area is 65.1 Å². The van der Waals surface area contributed by atoms with Gasteiger partial charge in [0.25, 0.3) is 0 Å². The van der Waals surface area contributed by atoms with Gasteiger partial charge in [0, 0.05) is 12.5 Å². The minimum absolute atomic E-state index is 0.187. The molecule has 0 fully saturated rings. The fourth-order valence-corrected chi connectivity index (χ4v) is 1.07. The van der Waals surface area contributed by atoms with Crippen molar-refractivity contribution in [2.24, 2.45) is 0 Å².